The summed E-state index contributed by atoms with van der Waals surface area (Å²) in [6, 6.07) is 7.72. The van der Waals surface area contributed by atoms with Gasteiger partial charge in [0.15, 0.2) is 0 Å². The minimum absolute atomic E-state index is 0.163. The van der Waals surface area contributed by atoms with Crippen molar-refractivity contribution in [1.29, 1.82) is 0 Å². The quantitative estimate of drug-likeness (QED) is 0.879. The number of fused-ring (bicyclic) bond motifs is 1. The number of pyridine rings is 1. The molecular formula is C14H16ClN3S. The van der Waals surface area contributed by atoms with E-state index >= 15 is 0 Å². The Kier molecular flexibility index (Phi) is 4.22. The number of rotatable bonds is 4. The van der Waals surface area contributed by atoms with Crippen LogP contribution >= 0.6 is 23.8 Å². The number of benzene rings is 1. The Morgan fingerprint density at radius 1 is 1.47 bits per heavy atom. The molecule has 3 nitrogen and oxygen atoms in total. The van der Waals surface area contributed by atoms with Crippen LogP contribution in [0.1, 0.15) is 6.92 Å². The smallest absolute Gasteiger partial charge is 0.0773 e. The number of thiocarbonyl (C=S) groups is 1. The minimum atomic E-state index is 0.163. The molecule has 100 valence electrons. The Morgan fingerprint density at radius 2 is 2.21 bits per heavy atom. The van der Waals surface area contributed by atoms with Crippen molar-refractivity contribution in [1.82, 2.24) is 4.98 Å². The molecule has 2 rings (SSSR count). The molecule has 0 saturated carbocycles. The van der Waals surface area contributed by atoms with Gasteiger partial charge in [0.25, 0.3) is 0 Å². The molecule has 1 unspecified atom stereocenters. The number of halogens is 1. The van der Waals surface area contributed by atoms with Gasteiger partial charge < -0.3 is 10.6 Å². The summed E-state index contributed by atoms with van der Waals surface area (Å²) in [6.07, 6.45) is 1.79. The van der Waals surface area contributed by atoms with Crippen LogP contribution in [0.15, 0.2) is 30.5 Å². The lowest BCUT2D eigenvalue weighted by Crippen LogP contribution is -2.31. The van der Waals surface area contributed by atoms with Crippen molar-refractivity contribution in [2.24, 2.45) is 11.7 Å². The van der Waals surface area contributed by atoms with Gasteiger partial charge in [-0.05, 0) is 24.3 Å². The zero-order chi connectivity index (χ0) is 14.0. The predicted molar refractivity (Wildman–Crippen MR) is 86.0 cm³/mol. The lowest BCUT2D eigenvalue weighted by atomic mass is 10.1. The summed E-state index contributed by atoms with van der Waals surface area (Å²) >= 11 is 11.0. The van der Waals surface area contributed by atoms with Gasteiger partial charge in [-0.1, -0.05) is 30.7 Å². The van der Waals surface area contributed by atoms with Gasteiger partial charge in [-0.3, -0.25) is 4.98 Å². The Labute approximate surface area is 123 Å². The molecular weight excluding hydrogens is 278 g/mol. The van der Waals surface area contributed by atoms with E-state index in [1.54, 1.807) is 6.20 Å². The molecule has 0 bridgehead atoms. The molecule has 0 aliphatic rings. The van der Waals surface area contributed by atoms with Crippen molar-refractivity contribution in [2.75, 3.05) is 18.5 Å². The fourth-order valence-corrected chi connectivity index (χ4v) is 2.28. The number of nitrogens with two attached hydrogens (primary N) is 1. The van der Waals surface area contributed by atoms with Crippen LogP contribution in [0.25, 0.3) is 10.9 Å². The summed E-state index contributed by atoms with van der Waals surface area (Å²) in [5.41, 5.74) is 7.66. The third kappa shape index (κ3) is 3.14. The molecule has 1 heterocycles. The van der Waals surface area contributed by atoms with E-state index in [1.165, 1.54) is 0 Å². The molecule has 0 amide bonds. The maximum absolute atomic E-state index is 5.99. The van der Waals surface area contributed by atoms with Gasteiger partial charge in [-0.15, -0.1) is 0 Å². The summed E-state index contributed by atoms with van der Waals surface area (Å²) in [6.45, 7) is 2.80. The van der Waals surface area contributed by atoms with Crippen LogP contribution < -0.4 is 10.6 Å². The third-order valence-electron chi connectivity index (χ3n) is 3.13. The Balaban J connectivity index is 2.36. The molecule has 0 radical (unpaired) electrons. The van der Waals surface area contributed by atoms with Gasteiger partial charge in [-0.25, -0.2) is 0 Å². The van der Waals surface area contributed by atoms with E-state index in [4.69, 9.17) is 29.6 Å². The highest BCUT2D eigenvalue weighted by Crippen LogP contribution is 2.27. The highest BCUT2D eigenvalue weighted by Gasteiger charge is 2.12. The van der Waals surface area contributed by atoms with Gasteiger partial charge >= 0.3 is 0 Å². The first-order chi connectivity index (χ1) is 8.99. The van der Waals surface area contributed by atoms with Gasteiger partial charge in [0.2, 0.25) is 0 Å². The van der Waals surface area contributed by atoms with E-state index in [0.717, 1.165) is 23.1 Å². The van der Waals surface area contributed by atoms with Gasteiger partial charge in [0, 0.05) is 41.8 Å². The molecule has 0 spiro atoms. The lowest BCUT2D eigenvalue weighted by Gasteiger charge is -2.24. The second-order valence-electron chi connectivity index (χ2n) is 4.68. The topological polar surface area (TPSA) is 42.2 Å². The normalized spacial score (nSPS) is 12.4. The van der Waals surface area contributed by atoms with E-state index in [0.29, 0.717) is 10.0 Å². The zero-order valence-electron chi connectivity index (χ0n) is 10.9. The predicted octanol–water partition coefficient (Wildman–Crippen LogP) is 3.25. The van der Waals surface area contributed by atoms with E-state index in [2.05, 4.69) is 9.88 Å². The highest BCUT2D eigenvalue weighted by atomic mass is 35.5. The molecule has 2 N–H and O–H groups in total. The first-order valence-electron chi connectivity index (χ1n) is 6.03. The number of hydrogen-bond donors (Lipinski definition) is 1. The molecule has 1 atom stereocenters. The highest BCUT2D eigenvalue weighted by molar-refractivity contribution is 7.80. The maximum atomic E-state index is 5.99. The van der Waals surface area contributed by atoms with Crippen LogP contribution in [0.2, 0.25) is 5.02 Å². The minimum Gasteiger partial charge on any atom is -0.393 e. The average Bonchev–Trinajstić information content (AvgIpc) is 2.37. The maximum Gasteiger partial charge on any atom is 0.0773 e. The molecule has 1 aromatic heterocycles. The standard InChI is InChI=1S/C14H16ClN3S/c1-9(14(16)19)8-18(2)13-5-6-17-12-7-10(15)3-4-11(12)13/h3-7,9H,8H2,1-2H3,(H2,16,19). The number of nitrogens with zero attached hydrogens (tertiary/aromatic N) is 2. The second-order valence-corrected chi connectivity index (χ2v) is 5.58. The number of anilines is 1. The zero-order valence-corrected chi connectivity index (χ0v) is 12.5. The van der Waals surface area contributed by atoms with Crippen molar-refractivity contribution in [3.8, 4) is 0 Å². The first kappa shape index (κ1) is 14.0. The summed E-state index contributed by atoms with van der Waals surface area (Å²) in [7, 11) is 2.03. The van der Waals surface area contributed by atoms with E-state index in [9.17, 15) is 0 Å². The largest absolute Gasteiger partial charge is 0.393 e. The first-order valence-corrected chi connectivity index (χ1v) is 6.82. The molecule has 19 heavy (non-hydrogen) atoms. The summed E-state index contributed by atoms with van der Waals surface area (Å²) in [5, 5.41) is 1.76. The van der Waals surface area contributed by atoms with Crippen LogP contribution in [-0.4, -0.2) is 23.6 Å². The molecule has 1 aromatic carbocycles. The van der Waals surface area contributed by atoms with Gasteiger partial charge in [-0.2, -0.15) is 0 Å². The Hall–Kier alpha value is -1.39. The van der Waals surface area contributed by atoms with E-state index in [-0.39, 0.29) is 5.92 Å². The van der Waals surface area contributed by atoms with Crippen LogP contribution in [0.4, 0.5) is 5.69 Å². The van der Waals surface area contributed by atoms with E-state index < -0.39 is 0 Å². The summed E-state index contributed by atoms with van der Waals surface area (Å²) in [4.78, 5) is 7.01. The van der Waals surface area contributed by atoms with Crippen molar-refractivity contribution >= 4 is 45.4 Å². The van der Waals surface area contributed by atoms with Crippen molar-refractivity contribution in [2.45, 2.75) is 6.92 Å². The van der Waals surface area contributed by atoms with Crippen LogP contribution in [0.5, 0.6) is 0 Å². The Bertz CT molecular complexity index is 615. The fraction of sp³-hybridized carbons (Fsp3) is 0.286. The number of aromatic nitrogens is 1. The second kappa shape index (κ2) is 5.72. The molecule has 0 aliphatic heterocycles. The van der Waals surface area contributed by atoms with Crippen LogP contribution in [0, 0.1) is 5.92 Å². The van der Waals surface area contributed by atoms with Crippen LogP contribution in [-0.2, 0) is 0 Å². The SMILES string of the molecule is CC(CN(C)c1ccnc2cc(Cl)ccc12)C(N)=S. The number of hydrogen-bond acceptors (Lipinski definition) is 3. The average molecular weight is 294 g/mol. The molecule has 2 aromatic rings. The fourth-order valence-electron chi connectivity index (χ4n) is 2.04. The van der Waals surface area contributed by atoms with Gasteiger partial charge in [0.1, 0.15) is 0 Å². The third-order valence-corrected chi connectivity index (χ3v) is 3.76. The van der Waals surface area contributed by atoms with Crippen molar-refractivity contribution in [3.05, 3.63) is 35.5 Å². The van der Waals surface area contributed by atoms with Gasteiger partial charge in [0.05, 0.1) is 10.5 Å². The summed E-state index contributed by atoms with van der Waals surface area (Å²) in [5.74, 6) is 0.163. The Morgan fingerprint density at radius 3 is 2.89 bits per heavy atom. The summed E-state index contributed by atoms with van der Waals surface area (Å²) < 4.78 is 0. The molecule has 0 aliphatic carbocycles. The van der Waals surface area contributed by atoms with Crippen LogP contribution in [0.3, 0.4) is 0 Å². The molecule has 0 saturated heterocycles. The van der Waals surface area contributed by atoms with Crippen molar-refractivity contribution < 1.29 is 0 Å². The monoisotopic (exact) mass is 293 g/mol. The van der Waals surface area contributed by atoms with E-state index in [1.807, 2.05) is 38.2 Å². The molecule has 5 heteroatoms. The molecule has 0 fully saturated rings. The van der Waals surface area contributed by atoms with Crippen molar-refractivity contribution in [3.63, 3.8) is 0 Å². The lowest BCUT2D eigenvalue weighted by molar-refractivity contribution is 0.744.